The summed E-state index contributed by atoms with van der Waals surface area (Å²) in [6.07, 6.45) is 17.4. The average molecular weight is 492 g/mol. The third-order valence-electron chi connectivity index (χ3n) is 8.45. The van der Waals surface area contributed by atoms with Crippen LogP contribution in [0.1, 0.15) is 107 Å². The number of carbonyl (C=O) groups excluding carboxylic acids is 1. The first-order valence-corrected chi connectivity index (χ1v) is 14.2. The Hall–Kier alpha value is -2.26. The number of allylic oxidation sites excluding steroid dienone is 1. The maximum absolute atomic E-state index is 15.0. The van der Waals surface area contributed by atoms with E-state index in [9.17, 15) is 0 Å². The molecular weight excluding hydrogens is 445 g/mol. The van der Waals surface area contributed by atoms with E-state index in [2.05, 4.69) is 49.2 Å². The van der Waals surface area contributed by atoms with Crippen LogP contribution in [0.3, 0.4) is 0 Å². The van der Waals surface area contributed by atoms with Gasteiger partial charge < -0.3 is 5.32 Å². The van der Waals surface area contributed by atoms with Gasteiger partial charge in [-0.15, -0.1) is 0 Å². The first-order chi connectivity index (χ1) is 17.6. The molecule has 0 spiro atoms. The van der Waals surface area contributed by atoms with Crippen LogP contribution in [0, 0.1) is 11.7 Å². The molecule has 2 nitrogen and oxygen atoms in total. The molecule has 0 saturated heterocycles. The summed E-state index contributed by atoms with van der Waals surface area (Å²) >= 11 is 0. The van der Waals surface area contributed by atoms with Gasteiger partial charge >= 0.3 is 0 Å². The summed E-state index contributed by atoms with van der Waals surface area (Å²) in [6, 6.07) is 15.4. The molecular formula is C33H46FNO. The van der Waals surface area contributed by atoms with Crippen molar-refractivity contribution in [3.05, 3.63) is 72.1 Å². The topological polar surface area (TPSA) is 29.1 Å². The fraction of sp³-hybridized carbons (Fsp3) is 0.545. The van der Waals surface area contributed by atoms with Crippen molar-refractivity contribution in [3.63, 3.8) is 0 Å². The van der Waals surface area contributed by atoms with E-state index in [1.54, 1.807) is 6.07 Å². The van der Waals surface area contributed by atoms with Crippen LogP contribution in [0.4, 0.5) is 4.39 Å². The standard InChI is InChI=1S/C30H42FN.C3H4O/c1-3-4-5-6-22-7-9-23(10-8-22)24-11-13-26(14-12-24)29-20-17-27(21-30(29)31)25-15-18-28(32-2)19-16-25;1-2-3-4/h11-14,17,20-23,25,28,32H,3-10,15-16,18-19H2,1-2H3;2-3H,1H2. The van der Waals surface area contributed by atoms with Gasteiger partial charge in [-0.25, -0.2) is 4.39 Å². The molecule has 36 heavy (non-hydrogen) atoms. The molecule has 2 aromatic carbocycles. The monoisotopic (exact) mass is 491 g/mol. The third kappa shape index (κ3) is 8.13. The summed E-state index contributed by atoms with van der Waals surface area (Å²) in [5.74, 6) is 2.06. The highest BCUT2D eigenvalue weighted by atomic mass is 19.1. The molecule has 2 aromatic rings. The number of hydrogen-bond donors (Lipinski definition) is 1. The molecule has 196 valence electrons. The van der Waals surface area contributed by atoms with E-state index in [4.69, 9.17) is 4.79 Å². The fourth-order valence-corrected chi connectivity index (χ4v) is 6.14. The Morgan fingerprint density at radius 3 is 2.03 bits per heavy atom. The fourth-order valence-electron chi connectivity index (χ4n) is 6.14. The highest BCUT2D eigenvalue weighted by Crippen LogP contribution is 2.39. The molecule has 2 saturated carbocycles. The molecule has 0 atom stereocenters. The zero-order chi connectivity index (χ0) is 25.8. The molecule has 0 aliphatic heterocycles. The van der Waals surface area contributed by atoms with Gasteiger partial charge in [0.25, 0.3) is 0 Å². The molecule has 2 aliphatic carbocycles. The lowest BCUT2D eigenvalue weighted by atomic mass is 9.77. The zero-order valence-electron chi connectivity index (χ0n) is 22.5. The van der Waals surface area contributed by atoms with Gasteiger partial charge in [0.1, 0.15) is 12.1 Å². The smallest absolute Gasteiger partial charge is 0.142 e. The molecule has 0 aromatic heterocycles. The van der Waals surface area contributed by atoms with Gasteiger partial charge in [-0.05, 0) is 105 Å². The van der Waals surface area contributed by atoms with Crippen LogP contribution in [-0.4, -0.2) is 19.4 Å². The van der Waals surface area contributed by atoms with Gasteiger partial charge in [-0.3, -0.25) is 4.79 Å². The highest BCUT2D eigenvalue weighted by Gasteiger charge is 2.23. The number of benzene rings is 2. The van der Waals surface area contributed by atoms with Crippen LogP contribution in [-0.2, 0) is 4.79 Å². The second kappa shape index (κ2) is 15.1. The third-order valence-corrected chi connectivity index (χ3v) is 8.45. The Bertz CT molecular complexity index is 915. The first-order valence-electron chi connectivity index (χ1n) is 14.2. The van der Waals surface area contributed by atoms with E-state index in [-0.39, 0.29) is 5.82 Å². The second-order valence-electron chi connectivity index (χ2n) is 10.8. The molecule has 0 radical (unpaired) electrons. The van der Waals surface area contributed by atoms with Crippen molar-refractivity contribution in [1.82, 2.24) is 5.32 Å². The maximum atomic E-state index is 15.0. The summed E-state index contributed by atoms with van der Waals surface area (Å²) in [6.45, 7) is 5.40. The minimum Gasteiger partial charge on any atom is -0.317 e. The molecule has 0 bridgehead atoms. The quantitative estimate of drug-likeness (QED) is 0.215. The van der Waals surface area contributed by atoms with E-state index >= 15 is 4.39 Å². The SMILES string of the molecule is C=CC=O.CCCCCC1CCC(c2ccc(-c3ccc(C4CCC(NC)CC4)cc3F)cc2)CC1. The summed E-state index contributed by atoms with van der Waals surface area (Å²) in [7, 11) is 2.05. The van der Waals surface area contributed by atoms with E-state index < -0.39 is 0 Å². The number of nitrogens with one attached hydrogen (secondary N) is 1. The number of halogens is 1. The second-order valence-corrected chi connectivity index (χ2v) is 10.8. The van der Waals surface area contributed by atoms with Gasteiger partial charge in [0.2, 0.25) is 0 Å². The molecule has 2 aliphatic rings. The van der Waals surface area contributed by atoms with Crippen molar-refractivity contribution >= 4 is 6.29 Å². The van der Waals surface area contributed by atoms with Crippen molar-refractivity contribution < 1.29 is 9.18 Å². The summed E-state index contributed by atoms with van der Waals surface area (Å²) in [5.41, 5.74) is 4.36. The highest BCUT2D eigenvalue weighted by molar-refractivity contribution is 5.65. The van der Waals surface area contributed by atoms with Crippen LogP contribution in [0.5, 0.6) is 0 Å². The lowest BCUT2D eigenvalue weighted by Crippen LogP contribution is -2.29. The van der Waals surface area contributed by atoms with Gasteiger partial charge in [0, 0.05) is 11.6 Å². The van der Waals surface area contributed by atoms with Crippen LogP contribution < -0.4 is 5.32 Å². The van der Waals surface area contributed by atoms with Crippen molar-refractivity contribution in [2.75, 3.05) is 7.05 Å². The van der Waals surface area contributed by atoms with Crippen LogP contribution in [0.2, 0.25) is 0 Å². The number of unbranched alkanes of at least 4 members (excludes halogenated alkanes) is 2. The van der Waals surface area contributed by atoms with Crippen molar-refractivity contribution in [1.29, 1.82) is 0 Å². The van der Waals surface area contributed by atoms with E-state index in [1.807, 2.05) is 13.1 Å². The number of rotatable bonds is 9. The maximum Gasteiger partial charge on any atom is 0.142 e. The molecule has 0 heterocycles. The van der Waals surface area contributed by atoms with Crippen LogP contribution >= 0.6 is 0 Å². The Morgan fingerprint density at radius 2 is 1.47 bits per heavy atom. The average Bonchev–Trinajstić information content (AvgIpc) is 2.94. The summed E-state index contributed by atoms with van der Waals surface area (Å²) in [4.78, 5) is 9.06. The van der Waals surface area contributed by atoms with Crippen LogP contribution in [0.15, 0.2) is 55.1 Å². The van der Waals surface area contributed by atoms with Crippen molar-refractivity contribution in [2.24, 2.45) is 5.92 Å². The lowest BCUT2D eigenvalue weighted by molar-refractivity contribution is -0.104. The molecule has 4 rings (SSSR count). The molecule has 3 heteroatoms. The summed E-state index contributed by atoms with van der Waals surface area (Å²) in [5, 5.41) is 3.38. The van der Waals surface area contributed by atoms with E-state index in [0.717, 1.165) is 29.9 Å². The Kier molecular flexibility index (Phi) is 11.9. The normalized spacial score (nSPS) is 23.9. The minimum absolute atomic E-state index is 0.0708. The van der Waals surface area contributed by atoms with Gasteiger partial charge in [-0.2, -0.15) is 0 Å². The number of aldehydes is 1. The zero-order valence-corrected chi connectivity index (χ0v) is 22.5. The van der Waals surface area contributed by atoms with Gasteiger partial charge in [0.05, 0.1) is 0 Å². The molecule has 1 N–H and O–H groups in total. The molecule has 0 unspecified atom stereocenters. The Morgan fingerprint density at radius 1 is 0.889 bits per heavy atom. The van der Waals surface area contributed by atoms with E-state index in [0.29, 0.717) is 24.2 Å². The van der Waals surface area contributed by atoms with Crippen molar-refractivity contribution in [3.8, 4) is 11.1 Å². The largest absolute Gasteiger partial charge is 0.317 e. The number of carbonyl (C=O) groups is 1. The minimum atomic E-state index is -0.0708. The van der Waals surface area contributed by atoms with Gasteiger partial charge in [-0.1, -0.05) is 75.6 Å². The summed E-state index contributed by atoms with van der Waals surface area (Å²) < 4.78 is 15.0. The van der Waals surface area contributed by atoms with Crippen LogP contribution in [0.25, 0.3) is 11.1 Å². The predicted molar refractivity (Wildman–Crippen MR) is 151 cm³/mol. The Balaban J connectivity index is 0.000000840. The van der Waals surface area contributed by atoms with E-state index in [1.165, 1.54) is 81.4 Å². The lowest BCUT2D eigenvalue weighted by Gasteiger charge is -2.29. The first kappa shape index (κ1) is 28.3. The number of hydrogen-bond acceptors (Lipinski definition) is 2. The van der Waals surface area contributed by atoms with Crippen molar-refractivity contribution in [2.45, 2.75) is 102 Å². The predicted octanol–water partition coefficient (Wildman–Crippen LogP) is 8.96. The van der Waals surface area contributed by atoms with Gasteiger partial charge in [0.15, 0.2) is 0 Å². The molecule has 2 fully saturated rings. The Labute approximate surface area is 218 Å². The molecule has 0 amide bonds.